The molecular weight excluding hydrogens is 304 g/mol. The molecule has 0 unspecified atom stereocenters. The molecule has 2 aliphatic rings. The third-order valence-corrected chi connectivity index (χ3v) is 4.84. The van der Waals surface area contributed by atoms with Gasteiger partial charge in [-0.25, -0.2) is 0 Å². The number of ether oxygens (including phenoxy) is 1. The van der Waals surface area contributed by atoms with E-state index < -0.39 is 0 Å². The minimum absolute atomic E-state index is 0.0355. The molecule has 3 atom stereocenters. The van der Waals surface area contributed by atoms with Gasteiger partial charge in [0.15, 0.2) is 0 Å². The molecule has 1 aliphatic carbocycles. The number of carbonyl (C=O) groups excluding carboxylic acids is 2. The van der Waals surface area contributed by atoms with Crippen LogP contribution in [-0.4, -0.2) is 24.5 Å². The highest BCUT2D eigenvalue weighted by atomic mass is 16.5. The molecule has 1 aromatic carbocycles. The minimum atomic E-state index is -0.0520. The Morgan fingerprint density at radius 1 is 1.08 bits per heavy atom. The Kier molecular flexibility index (Phi) is 5.19. The second-order valence-corrected chi connectivity index (χ2v) is 7.02. The summed E-state index contributed by atoms with van der Waals surface area (Å²) in [6.07, 6.45) is 3.72. The van der Waals surface area contributed by atoms with Gasteiger partial charge in [-0.05, 0) is 57.2 Å². The van der Waals surface area contributed by atoms with Crippen LogP contribution in [0.4, 0.5) is 5.69 Å². The standard InChI is InChI=1S/C19H26N2O3/c1-12-11-16(9-10-24-12)19(23)20-13(2)14-5-7-17(8-6-14)21-18(22)15-3-4-15/h5-8,12-13,15-16H,3-4,9-11H2,1-2H3,(H,20,23)(H,21,22)/t12-,13+,16-/m1/s1. The fourth-order valence-corrected chi connectivity index (χ4v) is 3.10. The average molecular weight is 330 g/mol. The van der Waals surface area contributed by atoms with Gasteiger partial charge in [-0.15, -0.1) is 0 Å². The highest BCUT2D eigenvalue weighted by Gasteiger charge is 2.29. The van der Waals surface area contributed by atoms with E-state index in [-0.39, 0.29) is 35.8 Å². The van der Waals surface area contributed by atoms with E-state index >= 15 is 0 Å². The van der Waals surface area contributed by atoms with Gasteiger partial charge in [0.25, 0.3) is 0 Å². The van der Waals surface area contributed by atoms with E-state index in [1.54, 1.807) is 0 Å². The van der Waals surface area contributed by atoms with Crippen LogP contribution in [0.1, 0.15) is 51.1 Å². The summed E-state index contributed by atoms with van der Waals surface area (Å²) >= 11 is 0. The molecule has 0 spiro atoms. The maximum Gasteiger partial charge on any atom is 0.227 e. The third kappa shape index (κ3) is 4.35. The molecule has 5 nitrogen and oxygen atoms in total. The fraction of sp³-hybridized carbons (Fsp3) is 0.579. The smallest absolute Gasteiger partial charge is 0.227 e. The van der Waals surface area contributed by atoms with Crippen LogP contribution >= 0.6 is 0 Å². The van der Waals surface area contributed by atoms with Crippen LogP contribution in [0.5, 0.6) is 0 Å². The lowest BCUT2D eigenvalue weighted by Crippen LogP contribution is -2.37. The Hall–Kier alpha value is -1.88. The van der Waals surface area contributed by atoms with Crippen molar-refractivity contribution < 1.29 is 14.3 Å². The van der Waals surface area contributed by atoms with Crippen molar-refractivity contribution in [2.45, 2.75) is 51.7 Å². The zero-order valence-corrected chi connectivity index (χ0v) is 14.4. The van der Waals surface area contributed by atoms with Crippen molar-refractivity contribution in [2.75, 3.05) is 11.9 Å². The van der Waals surface area contributed by atoms with Crippen LogP contribution in [0.3, 0.4) is 0 Å². The highest BCUT2D eigenvalue weighted by molar-refractivity contribution is 5.94. The molecule has 0 aromatic heterocycles. The molecule has 1 saturated carbocycles. The second-order valence-electron chi connectivity index (χ2n) is 7.02. The molecule has 24 heavy (non-hydrogen) atoms. The summed E-state index contributed by atoms with van der Waals surface area (Å²) in [6, 6.07) is 7.66. The molecule has 0 radical (unpaired) electrons. The van der Waals surface area contributed by atoms with Crippen molar-refractivity contribution in [2.24, 2.45) is 11.8 Å². The zero-order chi connectivity index (χ0) is 17.1. The normalized spacial score (nSPS) is 24.9. The molecule has 2 N–H and O–H groups in total. The minimum Gasteiger partial charge on any atom is -0.378 e. The Labute approximate surface area is 143 Å². The largest absolute Gasteiger partial charge is 0.378 e. The van der Waals surface area contributed by atoms with Crippen molar-refractivity contribution in [3.8, 4) is 0 Å². The number of amides is 2. The molecule has 5 heteroatoms. The summed E-state index contributed by atoms with van der Waals surface area (Å²) in [5.74, 6) is 0.444. The molecule has 3 rings (SSSR count). The van der Waals surface area contributed by atoms with Gasteiger partial charge in [0, 0.05) is 24.1 Å². The summed E-state index contributed by atoms with van der Waals surface area (Å²) in [5, 5.41) is 6.02. The first kappa shape index (κ1) is 17.0. The molecule has 1 aliphatic heterocycles. The first-order chi connectivity index (χ1) is 11.5. The number of anilines is 1. The van der Waals surface area contributed by atoms with E-state index in [0.29, 0.717) is 6.61 Å². The van der Waals surface area contributed by atoms with Crippen molar-refractivity contribution in [1.82, 2.24) is 5.32 Å². The topological polar surface area (TPSA) is 67.4 Å². The molecular formula is C19H26N2O3. The predicted molar refractivity (Wildman–Crippen MR) is 92.5 cm³/mol. The van der Waals surface area contributed by atoms with Crippen LogP contribution in [0.15, 0.2) is 24.3 Å². The summed E-state index contributed by atoms with van der Waals surface area (Å²) in [4.78, 5) is 24.2. The van der Waals surface area contributed by atoms with Crippen molar-refractivity contribution >= 4 is 17.5 Å². The zero-order valence-electron chi connectivity index (χ0n) is 14.4. The van der Waals surface area contributed by atoms with Crippen LogP contribution < -0.4 is 10.6 Å². The maximum atomic E-state index is 12.4. The summed E-state index contributed by atoms with van der Waals surface area (Å²) in [5.41, 5.74) is 1.85. The third-order valence-electron chi connectivity index (χ3n) is 4.84. The summed E-state index contributed by atoms with van der Waals surface area (Å²) in [6.45, 7) is 4.65. The average Bonchev–Trinajstić information content (AvgIpc) is 3.40. The van der Waals surface area contributed by atoms with Gasteiger partial charge in [-0.1, -0.05) is 12.1 Å². The van der Waals surface area contributed by atoms with Gasteiger partial charge in [0.1, 0.15) is 0 Å². The van der Waals surface area contributed by atoms with E-state index in [9.17, 15) is 9.59 Å². The fourth-order valence-electron chi connectivity index (χ4n) is 3.10. The van der Waals surface area contributed by atoms with Gasteiger partial charge in [-0.3, -0.25) is 9.59 Å². The van der Waals surface area contributed by atoms with Gasteiger partial charge in [0.2, 0.25) is 11.8 Å². The first-order valence-corrected chi connectivity index (χ1v) is 8.85. The first-order valence-electron chi connectivity index (χ1n) is 8.85. The Bertz CT molecular complexity index is 595. The number of hydrogen-bond acceptors (Lipinski definition) is 3. The van der Waals surface area contributed by atoms with Crippen LogP contribution in [-0.2, 0) is 14.3 Å². The Morgan fingerprint density at radius 2 is 1.79 bits per heavy atom. The van der Waals surface area contributed by atoms with Gasteiger partial charge in [0.05, 0.1) is 12.1 Å². The van der Waals surface area contributed by atoms with Crippen molar-refractivity contribution in [1.29, 1.82) is 0 Å². The lowest BCUT2D eigenvalue weighted by atomic mass is 9.94. The SMILES string of the molecule is C[C@@H]1C[C@H](C(=O)N[C@@H](C)c2ccc(NC(=O)C3CC3)cc2)CCO1. The number of rotatable bonds is 5. The quantitative estimate of drug-likeness (QED) is 0.872. The van der Waals surface area contributed by atoms with E-state index in [2.05, 4.69) is 10.6 Å². The van der Waals surface area contributed by atoms with Gasteiger partial charge in [-0.2, -0.15) is 0 Å². The predicted octanol–water partition coefficient (Wildman–Crippen LogP) is 3.03. The van der Waals surface area contributed by atoms with E-state index in [1.165, 1.54) is 0 Å². The number of hydrogen-bond donors (Lipinski definition) is 2. The molecule has 2 fully saturated rings. The molecule has 2 amide bonds. The number of benzene rings is 1. The van der Waals surface area contributed by atoms with E-state index in [1.807, 2.05) is 38.1 Å². The van der Waals surface area contributed by atoms with Crippen molar-refractivity contribution in [3.63, 3.8) is 0 Å². The van der Waals surface area contributed by atoms with Gasteiger partial charge < -0.3 is 15.4 Å². The summed E-state index contributed by atoms with van der Waals surface area (Å²) in [7, 11) is 0. The molecule has 130 valence electrons. The summed E-state index contributed by atoms with van der Waals surface area (Å²) < 4.78 is 5.50. The highest BCUT2D eigenvalue weighted by Crippen LogP contribution is 2.30. The lowest BCUT2D eigenvalue weighted by Gasteiger charge is -2.27. The maximum absolute atomic E-state index is 12.4. The Balaban J connectivity index is 1.53. The van der Waals surface area contributed by atoms with E-state index in [4.69, 9.17) is 4.74 Å². The molecule has 1 aromatic rings. The van der Waals surface area contributed by atoms with E-state index in [0.717, 1.165) is 36.9 Å². The molecule has 0 bridgehead atoms. The van der Waals surface area contributed by atoms with Crippen LogP contribution in [0.2, 0.25) is 0 Å². The van der Waals surface area contributed by atoms with Crippen molar-refractivity contribution in [3.05, 3.63) is 29.8 Å². The second kappa shape index (κ2) is 7.34. The monoisotopic (exact) mass is 330 g/mol. The van der Waals surface area contributed by atoms with Gasteiger partial charge >= 0.3 is 0 Å². The van der Waals surface area contributed by atoms with Crippen LogP contribution in [0.25, 0.3) is 0 Å². The number of carbonyl (C=O) groups is 2. The molecule has 1 saturated heterocycles. The lowest BCUT2D eigenvalue weighted by molar-refractivity contribution is -0.130. The molecule has 1 heterocycles. The van der Waals surface area contributed by atoms with Crippen LogP contribution in [0, 0.1) is 11.8 Å². The number of nitrogens with one attached hydrogen (secondary N) is 2. The Morgan fingerprint density at radius 3 is 2.42 bits per heavy atom.